The number of aliphatic hydroxyl groups excluding tert-OH is 1. The molecule has 1 unspecified atom stereocenters. The summed E-state index contributed by atoms with van der Waals surface area (Å²) in [5.74, 6) is -0.686. The zero-order chi connectivity index (χ0) is 16.9. The summed E-state index contributed by atoms with van der Waals surface area (Å²) < 4.78 is 0.731. The number of rotatable bonds is 2. The van der Waals surface area contributed by atoms with E-state index in [1.165, 1.54) is 0 Å². The van der Waals surface area contributed by atoms with Gasteiger partial charge in [0.15, 0.2) is 11.6 Å². The van der Waals surface area contributed by atoms with Gasteiger partial charge in [0.2, 0.25) is 0 Å². The molecule has 4 heteroatoms. The number of fused-ring (bicyclic) bond motifs is 2. The Bertz CT molecular complexity index is 1010. The topological polar surface area (TPSA) is 54.4 Å². The smallest absolute Gasteiger partial charge is 0.184 e. The van der Waals surface area contributed by atoms with Gasteiger partial charge < -0.3 is 5.11 Å². The van der Waals surface area contributed by atoms with Gasteiger partial charge >= 0.3 is 0 Å². The largest absolute Gasteiger partial charge is 0.394 e. The van der Waals surface area contributed by atoms with Crippen molar-refractivity contribution in [1.29, 1.82) is 0 Å². The molecule has 4 rings (SSSR count). The summed E-state index contributed by atoms with van der Waals surface area (Å²) >= 11 is 3.33. The Hall–Kier alpha value is -2.30. The molecule has 0 heterocycles. The van der Waals surface area contributed by atoms with Gasteiger partial charge in [-0.2, -0.15) is 0 Å². The molecule has 0 radical (unpaired) electrons. The zero-order valence-corrected chi connectivity index (χ0v) is 14.2. The molecule has 0 saturated heterocycles. The number of aliphatic hydroxyl groups is 1. The molecule has 118 valence electrons. The van der Waals surface area contributed by atoms with Gasteiger partial charge in [0.25, 0.3) is 0 Å². The van der Waals surface area contributed by atoms with E-state index in [9.17, 15) is 14.7 Å². The van der Waals surface area contributed by atoms with Crippen molar-refractivity contribution in [2.45, 2.75) is 5.41 Å². The second kappa shape index (κ2) is 5.36. The van der Waals surface area contributed by atoms with Crippen LogP contribution in [-0.4, -0.2) is 23.3 Å². The van der Waals surface area contributed by atoms with Crippen molar-refractivity contribution in [3.63, 3.8) is 0 Å². The first-order valence-electron chi connectivity index (χ1n) is 7.57. The van der Waals surface area contributed by atoms with Crippen LogP contribution in [-0.2, 0) is 5.41 Å². The van der Waals surface area contributed by atoms with Crippen molar-refractivity contribution >= 4 is 38.3 Å². The average molecular weight is 381 g/mol. The molecule has 1 aliphatic rings. The lowest BCUT2D eigenvalue weighted by Crippen LogP contribution is -2.42. The molecule has 0 aliphatic heterocycles. The van der Waals surface area contributed by atoms with Crippen molar-refractivity contribution in [2.75, 3.05) is 6.61 Å². The van der Waals surface area contributed by atoms with Crippen LogP contribution in [0.15, 0.2) is 65.1 Å². The molecule has 3 nitrogen and oxygen atoms in total. The number of carbonyl (C=O) groups is 2. The van der Waals surface area contributed by atoms with Crippen LogP contribution in [0.25, 0.3) is 10.8 Å². The summed E-state index contributed by atoms with van der Waals surface area (Å²) in [7, 11) is 0. The van der Waals surface area contributed by atoms with E-state index in [1.807, 2.05) is 36.4 Å². The Morgan fingerprint density at radius 2 is 1.54 bits per heavy atom. The molecule has 3 aromatic carbocycles. The Kier molecular flexibility index (Phi) is 3.41. The standard InChI is InChI=1S/C20H13BrO3/c21-15-7-8-16-17(10-15)19(24)20(11-22,18(16)23)14-6-5-12-3-1-2-4-13(12)9-14/h1-10,22H,11H2. The third-order valence-electron chi connectivity index (χ3n) is 4.73. The normalized spacial score (nSPS) is 19.8. The Balaban J connectivity index is 1.96. The summed E-state index contributed by atoms with van der Waals surface area (Å²) in [6, 6.07) is 18.2. The highest BCUT2D eigenvalue weighted by Crippen LogP contribution is 2.41. The fourth-order valence-electron chi connectivity index (χ4n) is 3.42. The highest BCUT2D eigenvalue weighted by Gasteiger charge is 2.53. The average Bonchev–Trinajstić information content (AvgIpc) is 2.82. The van der Waals surface area contributed by atoms with Crippen LogP contribution in [0.4, 0.5) is 0 Å². The van der Waals surface area contributed by atoms with Crippen molar-refractivity contribution < 1.29 is 14.7 Å². The van der Waals surface area contributed by atoms with Crippen molar-refractivity contribution in [1.82, 2.24) is 0 Å². The lowest BCUT2D eigenvalue weighted by Gasteiger charge is -2.24. The van der Waals surface area contributed by atoms with Gasteiger partial charge in [-0.3, -0.25) is 9.59 Å². The minimum absolute atomic E-state index is 0.340. The minimum Gasteiger partial charge on any atom is -0.394 e. The van der Waals surface area contributed by atoms with Gasteiger partial charge in [-0.1, -0.05) is 52.3 Å². The molecule has 0 amide bonds. The van der Waals surface area contributed by atoms with Crippen LogP contribution in [0.3, 0.4) is 0 Å². The molecule has 24 heavy (non-hydrogen) atoms. The molecule has 1 aliphatic carbocycles. The summed E-state index contributed by atoms with van der Waals surface area (Å²) in [6.07, 6.45) is 0. The Labute approximate surface area is 147 Å². The second-order valence-corrected chi connectivity index (χ2v) is 6.89. The number of halogens is 1. The fraction of sp³-hybridized carbons (Fsp3) is 0.100. The number of ketones is 2. The molecule has 0 aromatic heterocycles. The van der Waals surface area contributed by atoms with Crippen molar-refractivity contribution in [3.8, 4) is 0 Å². The van der Waals surface area contributed by atoms with E-state index in [-0.39, 0.29) is 11.6 Å². The van der Waals surface area contributed by atoms with E-state index in [1.54, 1.807) is 24.3 Å². The maximum Gasteiger partial charge on any atom is 0.184 e. The second-order valence-electron chi connectivity index (χ2n) is 5.97. The number of benzene rings is 3. The van der Waals surface area contributed by atoms with Gasteiger partial charge in [0.05, 0.1) is 6.61 Å². The molecule has 3 aromatic rings. The van der Waals surface area contributed by atoms with E-state index in [0.29, 0.717) is 16.7 Å². The van der Waals surface area contributed by atoms with E-state index in [2.05, 4.69) is 15.9 Å². The maximum atomic E-state index is 13.0. The summed E-state index contributed by atoms with van der Waals surface area (Å²) in [6.45, 7) is -0.546. The van der Waals surface area contributed by atoms with Gasteiger partial charge in [0, 0.05) is 15.6 Å². The quantitative estimate of drug-likeness (QED) is 0.685. The highest BCUT2D eigenvalue weighted by molar-refractivity contribution is 9.10. The molecule has 1 N–H and O–H groups in total. The van der Waals surface area contributed by atoms with E-state index < -0.39 is 12.0 Å². The van der Waals surface area contributed by atoms with Crippen molar-refractivity contribution in [3.05, 3.63) is 81.8 Å². The number of Topliss-reactive ketones (excluding diaryl/α,β-unsaturated/α-hetero) is 2. The molecular formula is C20H13BrO3. The van der Waals surface area contributed by atoms with E-state index in [0.717, 1.165) is 15.2 Å². The molecule has 0 fully saturated rings. The first-order chi connectivity index (χ1) is 11.6. The summed E-state index contributed by atoms with van der Waals surface area (Å²) in [4.78, 5) is 26.1. The van der Waals surface area contributed by atoms with E-state index >= 15 is 0 Å². The third kappa shape index (κ3) is 1.93. The monoisotopic (exact) mass is 380 g/mol. The fourth-order valence-corrected chi connectivity index (χ4v) is 3.78. The van der Waals surface area contributed by atoms with Gasteiger partial charge in [-0.15, -0.1) is 0 Å². The lowest BCUT2D eigenvalue weighted by atomic mass is 9.76. The molecule has 0 saturated carbocycles. The van der Waals surface area contributed by atoms with Crippen LogP contribution in [0.5, 0.6) is 0 Å². The van der Waals surface area contributed by atoms with Crippen molar-refractivity contribution in [2.24, 2.45) is 0 Å². The molecule has 0 spiro atoms. The first-order valence-corrected chi connectivity index (χ1v) is 8.36. The first kappa shape index (κ1) is 15.2. The minimum atomic E-state index is -1.55. The predicted octanol–water partition coefficient (Wildman–Crippen LogP) is 3.91. The van der Waals surface area contributed by atoms with Crippen LogP contribution in [0.1, 0.15) is 26.3 Å². The van der Waals surface area contributed by atoms with Crippen LogP contribution in [0, 0.1) is 0 Å². The molecule has 1 atom stereocenters. The molecular weight excluding hydrogens is 368 g/mol. The Morgan fingerprint density at radius 1 is 0.833 bits per heavy atom. The Morgan fingerprint density at radius 3 is 2.29 bits per heavy atom. The zero-order valence-electron chi connectivity index (χ0n) is 12.6. The lowest BCUT2D eigenvalue weighted by molar-refractivity contribution is 0.0712. The number of carbonyl (C=O) groups excluding carboxylic acids is 2. The summed E-state index contributed by atoms with van der Waals surface area (Å²) in [5, 5.41) is 12.0. The van der Waals surface area contributed by atoms with Gasteiger partial charge in [-0.25, -0.2) is 0 Å². The van der Waals surface area contributed by atoms with Crippen LogP contribution < -0.4 is 0 Å². The van der Waals surface area contributed by atoms with Gasteiger partial charge in [0.1, 0.15) is 5.41 Å². The van der Waals surface area contributed by atoms with E-state index in [4.69, 9.17) is 0 Å². The van der Waals surface area contributed by atoms with Crippen LogP contribution in [0.2, 0.25) is 0 Å². The predicted molar refractivity (Wildman–Crippen MR) is 95.5 cm³/mol. The van der Waals surface area contributed by atoms with Gasteiger partial charge in [-0.05, 0) is 40.6 Å². The number of hydrogen-bond donors (Lipinski definition) is 1. The molecule has 0 bridgehead atoms. The number of hydrogen-bond acceptors (Lipinski definition) is 3. The maximum absolute atomic E-state index is 13.0. The SMILES string of the molecule is O=C1c2ccc(Br)cc2C(=O)C1(CO)c1ccc2ccccc2c1. The third-order valence-corrected chi connectivity index (χ3v) is 5.22. The highest BCUT2D eigenvalue weighted by atomic mass is 79.9. The van der Waals surface area contributed by atoms with Crippen LogP contribution >= 0.6 is 15.9 Å². The summed E-state index contributed by atoms with van der Waals surface area (Å²) in [5.41, 5.74) is -0.291.